The van der Waals surface area contributed by atoms with E-state index in [9.17, 15) is 9.18 Å². The Kier molecular flexibility index (Phi) is 7.32. The van der Waals surface area contributed by atoms with Crippen molar-refractivity contribution in [1.82, 2.24) is 19.5 Å². The number of esters is 1. The number of aromatic nitrogens is 4. The molecule has 198 valence electrons. The summed E-state index contributed by atoms with van der Waals surface area (Å²) < 4.78 is 40.3. The standard InChI is InChI=1S/C27H28FN5O5/c1-17(34)37-21-22(36-14-19-11-7-4-8-12-19)27(2,15-35-13-18-9-5-3-6-10-18)38-25(21)33-16-30-20-23(29)31-26(28)32-24(20)33/h3-12,16,21-22,25H,13-15H2,1-2H3,(H2,29,31,32). The van der Waals surface area contributed by atoms with E-state index in [2.05, 4.69) is 15.0 Å². The van der Waals surface area contributed by atoms with E-state index < -0.39 is 36.1 Å². The van der Waals surface area contributed by atoms with Crippen molar-refractivity contribution in [2.45, 2.75) is 51.1 Å². The second-order valence-electron chi connectivity index (χ2n) is 9.29. The topological polar surface area (TPSA) is 124 Å². The SMILES string of the molecule is CC(=O)OC1C(n2cnc3c(N)nc(F)nc32)OC(C)(COCc2ccccc2)C1OCc1ccccc1. The normalized spacial score (nSPS) is 23.1. The fraction of sp³-hybridized carbons (Fsp3) is 0.333. The molecule has 0 spiro atoms. The second kappa shape index (κ2) is 10.8. The summed E-state index contributed by atoms with van der Waals surface area (Å²) in [5, 5.41) is 0. The van der Waals surface area contributed by atoms with Crippen LogP contribution in [0.5, 0.6) is 0 Å². The number of anilines is 1. The fourth-order valence-corrected chi connectivity index (χ4v) is 4.62. The zero-order valence-corrected chi connectivity index (χ0v) is 21.0. The van der Waals surface area contributed by atoms with Crippen LogP contribution in [-0.2, 0) is 37.0 Å². The van der Waals surface area contributed by atoms with E-state index >= 15 is 0 Å². The first-order valence-electron chi connectivity index (χ1n) is 12.1. The minimum absolute atomic E-state index is 0.105. The van der Waals surface area contributed by atoms with Crippen molar-refractivity contribution in [1.29, 1.82) is 0 Å². The van der Waals surface area contributed by atoms with E-state index in [0.29, 0.717) is 6.61 Å². The summed E-state index contributed by atoms with van der Waals surface area (Å²) in [6.45, 7) is 3.83. The predicted octanol–water partition coefficient (Wildman–Crippen LogP) is 3.57. The van der Waals surface area contributed by atoms with Crippen LogP contribution in [0.2, 0.25) is 0 Å². The molecule has 4 unspecified atom stereocenters. The van der Waals surface area contributed by atoms with Crippen molar-refractivity contribution in [2.24, 2.45) is 0 Å². The molecule has 0 radical (unpaired) electrons. The van der Waals surface area contributed by atoms with Crippen molar-refractivity contribution in [3.05, 3.63) is 84.2 Å². The number of nitrogens with two attached hydrogens (primary N) is 1. The van der Waals surface area contributed by atoms with Crippen molar-refractivity contribution in [3.8, 4) is 0 Å². The van der Waals surface area contributed by atoms with Crippen LogP contribution in [0.3, 0.4) is 0 Å². The zero-order valence-electron chi connectivity index (χ0n) is 21.0. The molecule has 0 bridgehead atoms. The fourth-order valence-electron chi connectivity index (χ4n) is 4.62. The number of nitrogens with zero attached hydrogens (tertiary/aromatic N) is 4. The highest BCUT2D eigenvalue weighted by molar-refractivity contribution is 5.81. The molecular weight excluding hydrogens is 493 g/mol. The molecule has 0 amide bonds. The van der Waals surface area contributed by atoms with Crippen LogP contribution in [0.25, 0.3) is 11.2 Å². The van der Waals surface area contributed by atoms with Crippen LogP contribution >= 0.6 is 0 Å². The molecule has 3 heterocycles. The summed E-state index contributed by atoms with van der Waals surface area (Å²) in [6, 6.07) is 19.3. The summed E-state index contributed by atoms with van der Waals surface area (Å²) >= 11 is 0. The van der Waals surface area contributed by atoms with Gasteiger partial charge in [-0.3, -0.25) is 9.36 Å². The number of carbonyl (C=O) groups excluding carboxylic acids is 1. The van der Waals surface area contributed by atoms with Gasteiger partial charge < -0.3 is 24.7 Å². The monoisotopic (exact) mass is 521 g/mol. The van der Waals surface area contributed by atoms with E-state index in [1.54, 1.807) is 0 Å². The van der Waals surface area contributed by atoms with E-state index in [4.69, 9.17) is 24.7 Å². The number of rotatable bonds is 9. The quantitative estimate of drug-likeness (QED) is 0.260. The maximum absolute atomic E-state index is 14.1. The molecule has 5 rings (SSSR count). The lowest BCUT2D eigenvalue weighted by Gasteiger charge is -2.31. The van der Waals surface area contributed by atoms with E-state index in [1.165, 1.54) is 17.8 Å². The van der Waals surface area contributed by atoms with Crippen LogP contribution < -0.4 is 5.73 Å². The molecule has 4 aromatic rings. The largest absolute Gasteiger partial charge is 0.455 e. The molecule has 1 fully saturated rings. The van der Waals surface area contributed by atoms with Gasteiger partial charge in [-0.1, -0.05) is 60.7 Å². The number of nitrogen functional groups attached to an aromatic ring is 1. The number of benzene rings is 2. The Morgan fingerprint density at radius 1 is 1.08 bits per heavy atom. The highest BCUT2D eigenvalue weighted by Gasteiger charge is 2.56. The van der Waals surface area contributed by atoms with Gasteiger partial charge in [0.05, 0.1) is 26.1 Å². The third-order valence-corrected chi connectivity index (χ3v) is 6.34. The minimum Gasteiger partial charge on any atom is -0.455 e. The van der Waals surface area contributed by atoms with Gasteiger partial charge in [-0.25, -0.2) is 4.98 Å². The highest BCUT2D eigenvalue weighted by Crippen LogP contribution is 2.42. The van der Waals surface area contributed by atoms with E-state index in [0.717, 1.165) is 11.1 Å². The Morgan fingerprint density at radius 3 is 2.39 bits per heavy atom. The molecule has 2 N–H and O–H groups in total. The number of hydrogen-bond acceptors (Lipinski definition) is 9. The Labute approximate surface area is 218 Å². The third kappa shape index (κ3) is 5.35. The third-order valence-electron chi connectivity index (χ3n) is 6.34. The van der Waals surface area contributed by atoms with Gasteiger partial charge in [-0.15, -0.1) is 0 Å². The lowest BCUT2D eigenvalue weighted by atomic mass is 9.97. The van der Waals surface area contributed by atoms with Gasteiger partial charge in [-0.2, -0.15) is 14.4 Å². The minimum atomic E-state index is -1.07. The van der Waals surface area contributed by atoms with Crippen molar-refractivity contribution >= 4 is 23.0 Å². The maximum atomic E-state index is 14.1. The molecule has 11 heteroatoms. The van der Waals surface area contributed by atoms with Crippen molar-refractivity contribution in [2.75, 3.05) is 12.3 Å². The summed E-state index contributed by atoms with van der Waals surface area (Å²) in [5.41, 5.74) is 7.02. The van der Waals surface area contributed by atoms with Gasteiger partial charge in [0.25, 0.3) is 0 Å². The Morgan fingerprint density at radius 2 is 1.74 bits per heavy atom. The lowest BCUT2D eigenvalue weighted by Crippen LogP contribution is -2.47. The molecule has 2 aromatic heterocycles. The van der Waals surface area contributed by atoms with Gasteiger partial charge in [0, 0.05) is 6.92 Å². The van der Waals surface area contributed by atoms with Crippen molar-refractivity contribution in [3.63, 3.8) is 0 Å². The highest BCUT2D eigenvalue weighted by atomic mass is 19.1. The average Bonchev–Trinajstić information content (AvgIpc) is 3.42. The van der Waals surface area contributed by atoms with Crippen molar-refractivity contribution < 1.29 is 28.1 Å². The Hall–Kier alpha value is -3.93. The predicted molar refractivity (Wildman–Crippen MR) is 135 cm³/mol. The molecule has 4 atom stereocenters. The van der Waals surface area contributed by atoms with Gasteiger partial charge in [0.2, 0.25) is 0 Å². The molecule has 1 saturated heterocycles. The number of imidazole rings is 1. The first-order valence-corrected chi connectivity index (χ1v) is 12.1. The molecule has 0 saturated carbocycles. The van der Waals surface area contributed by atoms with Crippen LogP contribution in [0, 0.1) is 6.08 Å². The molecule has 1 aliphatic rings. The Bertz CT molecular complexity index is 1400. The lowest BCUT2D eigenvalue weighted by molar-refractivity contribution is -0.158. The van der Waals surface area contributed by atoms with Gasteiger partial charge in [0.15, 0.2) is 29.3 Å². The number of halogens is 1. The van der Waals surface area contributed by atoms with E-state index in [1.807, 2.05) is 67.6 Å². The molecule has 2 aromatic carbocycles. The van der Waals surface area contributed by atoms with Crippen LogP contribution in [0.1, 0.15) is 31.2 Å². The second-order valence-corrected chi connectivity index (χ2v) is 9.29. The molecular formula is C27H28FN5O5. The number of ether oxygens (including phenoxy) is 4. The van der Waals surface area contributed by atoms with Crippen LogP contribution in [0.15, 0.2) is 67.0 Å². The van der Waals surface area contributed by atoms with Crippen LogP contribution in [0.4, 0.5) is 10.2 Å². The van der Waals surface area contributed by atoms with Gasteiger partial charge in [-0.05, 0) is 18.1 Å². The number of hydrogen-bond donors (Lipinski definition) is 1. The number of carbonyl (C=O) groups is 1. The first kappa shape index (κ1) is 25.7. The van der Waals surface area contributed by atoms with Gasteiger partial charge >= 0.3 is 12.0 Å². The Balaban J connectivity index is 1.49. The number of fused-ring (bicyclic) bond motifs is 1. The summed E-state index contributed by atoms with van der Waals surface area (Å²) in [5.74, 6) is -0.643. The zero-order chi connectivity index (χ0) is 26.7. The molecule has 38 heavy (non-hydrogen) atoms. The molecule has 0 aliphatic carbocycles. The summed E-state index contributed by atoms with van der Waals surface area (Å²) in [7, 11) is 0. The first-order chi connectivity index (χ1) is 18.3. The smallest absolute Gasteiger partial charge is 0.312 e. The van der Waals surface area contributed by atoms with Crippen LogP contribution in [-0.4, -0.2) is 49.9 Å². The van der Waals surface area contributed by atoms with Gasteiger partial charge in [0.1, 0.15) is 11.7 Å². The molecule has 1 aliphatic heterocycles. The molecule has 10 nitrogen and oxygen atoms in total. The van der Waals surface area contributed by atoms with E-state index in [-0.39, 0.29) is 30.2 Å². The maximum Gasteiger partial charge on any atom is 0.312 e. The summed E-state index contributed by atoms with van der Waals surface area (Å²) in [6.07, 6.45) is -2.25. The summed E-state index contributed by atoms with van der Waals surface area (Å²) in [4.78, 5) is 23.9. The average molecular weight is 522 g/mol.